The van der Waals surface area contributed by atoms with Crippen LogP contribution in [0.5, 0.6) is 5.75 Å². The van der Waals surface area contributed by atoms with Crippen LogP contribution >= 0.6 is 11.8 Å². The third kappa shape index (κ3) is 4.99. The molecule has 2 aromatic carbocycles. The number of hydrogen-bond donors (Lipinski definition) is 1. The smallest absolute Gasteiger partial charge is 0.323 e. The number of rotatable bonds is 7. The summed E-state index contributed by atoms with van der Waals surface area (Å²) in [5, 5.41) is 18.9. The lowest BCUT2D eigenvalue weighted by atomic mass is 10.2. The molecule has 0 radical (unpaired) electrons. The molecule has 148 valence electrons. The SMILES string of the molecule is O=C(O)CN1C(=O)S/C(=C/c2ccc(OCc3cccc([N+](=O)[O-])c3)cc2)C1=O. The molecular weight excluding hydrogens is 400 g/mol. The second kappa shape index (κ2) is 8.57. The molecule has 1 aliphatic rings. The molecular formula is C19H14N2O7S. The van der Waals surface area contributed by atoms with Crippen LogP contribution in [0.2, 0.25) is 0 Å². The highest BCUT2D eigenvalue weighted by Gasteiger charge is 2.36. The molecule has 2 amide bonds. The van der Waals surface area contributed by atoms with Crippen LogP contribution in [-0.4, -0.2) is 38.6 Å². The summed E-state index contributed by atoms with van der Waals surface area (Å²) in [5.74, 6) is -1.39. The minimum atomic E-state index is -1.27. The molecule has 9 nitrogen and oxygen atoms in total. The molecule has 0 atom stereocenters. The quantitative estimate of drug-likeness (QED) is 0.415. The summed E-state index contributed by atoms with van der Waals surface area (Å²) in [7, 11) is 0. The standard InChI is InChI=1S/C19H14N2O7S/c22-17(23)10-20-18(24)16(29-19(20)25)9-12-4-6-15(7-5-12)28-11-13-2-1-3-14(8-13)21(26)27/h1-9H,10-11H2,(H,22,23)/b16-9+. The summed E-state index contributed by atoms with van der Waals surface area (Å²) >= 11 is 0.683. The van der Waals surface area contributed by atoms with Gasteiger partial charge >= 0.3 is 5.97 Å². The Bertz CT molecular complexity index is 1020. The number of imide groups is 1. The number of thioether (sulfide) groups is 1. The normalized spacial score (nSPS) is 15.0. The maximum absolute atomic E-state index is 12.1. The Labute approximate surface area is 168 Å². The fraction of sp³-hybridized carbons (Fsp3) is 0.105. The summed E-state index contributed by atoms with van der Waals surface area (Å²) < 4.78 is 5.61. The number of nitrogens with zero attached hydrogens (tertiary/aromatic N) is 2. The van der Waals surface area contributed by atoms with Crippen molar-refractivity contribution in [3.05, 3.63) is 74.7 Å². The molecule has 0 bridgehead atoms. The lowest BCUT2D eigenvalue weighted by Gasteiger charge is -2.08. The van der Waals surface area contributed by atoms with Crippen molar-refractivity contribution in [3.63, 3.8) is 0 Å². The van der Waals surface area contributed by atoms with Crippen molar-refractivity contribution >= 4 is 40.6 Å². The van der Waals surface area contributed by atoms with Crippen LogP contribution in [-0.2, 0) is 16.2 Å². The second-order valence-electron chi connectivity index (χ2n) is 5.95. The minimum Gasteiger partial charge on any atom is -0.489 e. The van der Waals surface area contributed by atoms with Gasteiger partial charge in [-0.05, 0) is 41.1 Å². The van der Waals surface area contributed by atoms with E-state index in [1.54, 1.807) is 36.4 Å². The molecule has 0 saturated carbocycles. The molecule has 3 rings (SSSR count). The van der Waals surface area contributed by atoms with E-state index in [0.29, 0.717) is 33.5 Å². The lowest BCUT2D eigenvalue weighted by Crippen LogP contribution is -2.33. The minimum absolute atomic E-state index is 0.0155. The maximum Gasteiger partial charge on any atom is 0.323 e. The predicted octanol–water partition coefficient (Wildman–Crippen LogP) is 3.29. The number of amides is 2. The Morgan fingerprint density at radius 2 is 1.93 bits per heavy atom. The van der Waals surface area contributed by atoms with Crippen molar-refractivity contribution < 1.29 is 29.2 Å². The summed E-state index contributed by atoms with van der Waals surface area (Å²) in [6.07, 6.45) is 1.50. The summed E-state index contributed by atoms with van der Waals surface area (Å²) in [6, 6.07) is 12.8. The molecule has 0 unspecified atom stereocenters. The molecule has 29 heavy (non-hydrogen) atoms. The highest BCUT2D eigenvalue weighted by atomic mass is 32.2. The lowest BCUT2D eigenvalue weighted by molar-refractivity contribution is -0.384. The zero-order chi connectivity index (χ0) is 21.0. The van der Waals surface area contributed by atoms with E-state index in [4.69, 9.17) is 9.84 Å². The van der Waals surface area contributed by atoms with Crippen LogP contribution in [0.25, 0.3) is 6.08 Å². The first-order valence-electron chi connectivity index (χ1n) is 8.27. The highest BCUT2D eigenvalue weighted by molar-refractivity contribution is 8.18. The first-order chi connectivity index (χ1) is 13.8. The molecule has 0 aliphatic carbocycles. The van der Waals surface area contributed by atoms with E-state index in [9.17, 15) is 24.5 Å². The molecule has 10 heteroatoms. The van der Waals surface area contributed by atoms with E-state index in [1.165, 1.54) is 18.2 Å². The molecule has 2 aromatic rings. The van der Waals surface area contributed by atoms with Gasteiger partial charge in [0.25, 0.3) is 16.8 Å². The van der Waals surface area contributed by atoms with Crippen LogP contribution in [0, 0.1) is 10.1 Å². The number of ether oxygens (including phenoxy) is 1. The van der Waals surface area contributed by atoms with Crippen LogP contribution in [0.4, 0.5) is 10.5 Å². The number of nitro groups is 1. The summed E-state index contributed by atoms with van der Waals surface area (Å²) in [4.78, 5) is 45.8. The third-order valence-electron chi connectivity index (χ3n) is 3.87. The van der Waals surface area contributed by atoms with Crippen molar-refractivity contribution in [3.8, 4) is 5.75 Å². The molecule has 1 aliphatic heterocycles. The van der Waals surface area contributed by atoms with Crippen LogP contribution < -0.4 is 4.74 Å². The Morgan fingerprint density at radius 3 is 2.59 bits per heavy atom. The number of benzene rings is 2. The summed E-state index contributed by atoms with van der Waals surface area (Å²) in [6.45, 7) is -0.526. The Hall–Kier alpha value is -3.66. The monoisotopic (exact) mass is 414 g/mol. The third-order valence-corrected chi connectivity index (χ3v) is 4.78. The number of carboxylic acid groups (broad SMARTS) is 1. The van der Waals surface area contributed by atoms with E-state index in [-0.39, 0.29) is 17.2 Å². The summed E-state index contributed by atoms with van der Waals surface area (Å²) in [5.41, 5.74) is 1.27. The van der Waals surface area contributed by atoms with E-state index in [1.807, 2.05) is 0 Å². The Kier molecular flexibility index (Phi) is 5.93. The number of hydrogen-bond acceptors (Lipinski definition) is 7. The topological polar surface area (TPSA) is 127 Å². The van der Waals surface area contributed by atoms with Gasteiger partial charge in [-0.3, -0.25) is 29.4 Å². The molecule has 1 heterocycles. The fourth-order valence-electron chi connectivity index (χ4n) is 2.51. The van der Waals surface area contributed by atoms with Gasteiger partial charge < -0.3 is 9.84 Å². The Morgan fingerprint density at radius 1 is 1.21 bits per heavy atom. The van der Waals surface area contributed by atoms with E-state index in [0.717, 1.165) is 0 Å². The van der Waals surface area contributed by atoms with Gasteiger partial charge in [0.15, 0.2) is 0 Å². The first kappa shape index (κ1) is 20.1. The fourth-order valence-corrected chi connectivity index (χ4v) is 3.35. The van der Waals surface area contributed by atoms with Crippen molar-refractivity contribution in [2.75, 3.05) is 6.54 Å². The van der Waals surface area contributed by atoms with Gasteiger partial charge in [-0.25, -0.2) is 0 Å². The molecule has 1 saturated heterocycles. The number of aliphatic carboxylic acids is 1. The number of non-ortho nitro benzene ring substituents is 1. The van der Waals surface area contributed by atoms with Gasteiger partial charge in [-0.1, -0.05) is 24.3 Å². The van der Waals surface area contributed by atoms with Crippen molar-refractivity contribution in [2.45, 2.75) is 6.61 Å². The van der Waals surface area contributed by atoms with Gasteiger partial charge in [-0.15, -0.1) is 0 Å². The zero-order valence-electron chi connectivity index (χ0n) is 14.8. The molecule has 1 fully saturated rings. The van der Waals surface area contributed by atoms with Crippen LogP contribution in [0.1, 0.15) is 11.1 Å². The highest BCUT2D eigenvalue weighted by Crippen LogP contribution is 2.32. The van der Waals surface area contributed by atoms with Crippen molar-refractivity contribution in [2.24, 2.45) is 0 Å². The number of carbonyl (C=O) groups is 3. The second-order valence-corrected chi connectivity index (χ2v) is 6.94. The van der Waals surface area contributed by atoms with Crippen molar-refractivity contribution in [1.82, 2.24) is 4.90 Å². The molecule has 0 aromatic heterocycles. The zero-order valence-corrected chi connectivity index (χ0v) is 15.6. The largest absolute Gasteiger partial charge is 0.489 e. The first-order valence-corrected chi connectivity index (χ1v) is 9.08. The average Bonchev–Trinajstić information content (AvgIpc) is 2.94. The van der Waals surface area contributed by atoms with E-state index >= 15 is 0 Å². The van der Waals surface area contributed by atoms with Gasteiger partial charge in [0.05, 0.1) is 9.83 Å². The number of nitro benzene ring substituents is 1. The van der Waals surface area contributed by atoms with E-state index < -0.39 is 28.6 Å². The maximum atomic E-state index is 12.1. The predicted molar refractivity (Wildman–Crippen MR) is 104 cm³/mol. The molecule has 1 N–H and O–H groups in total. The van der Waals surface area contributed by atoms with Gasteiger partial charge in [-0.2, -0.15) is 0 Å². The van der Waals surface area contributed by atoms with E-state index in [2.05, 4.69) is 0 Å². The van der Waals surface area contributed by atoms with Gasteiger partial charge in [0, 0.05) is 12.1 Å². The Balaban J connectivity index is 1.65. The van der Waals surface area contributed by atoms with Crippen LogP contribution in [0.15, 0.2) is 53.4 Å². The molecule has 0 spiro atoms. The number of carboxylic acids is 1. The number of carbonyl (C=O) groups excluding carboxylic acids is 2. The van der Waals surface area contributed by atoms with Gasteiger partial charge in [0.1, 0.15) is 18.9 Å². The van der Waals surface area contributed by atoms with Crippen molar-refractivity contribution in [1.29, 1.82) is 0 Å². The van der Waals surface area contributed by atoms with Gasteiger partial charge in [0.2, 0.25) is 0 Å². The average molecular weight is 414 g/mol. The van der Waals surface area contributed by atoms with Crippen LogP contribution in [0.3, 0.4) is 0 Å².